The van der Waals surface area contributed by atoms with Crippen LogP contribution in [0.4, 0.5) is 0 Å². The Labute approximate surface area is 127 Å². The first-order chi connectivity index (χ1) is 10.3. The minimum Gasteiger partial charge on any atom is -0.381 e. The third kappa shape index (κ3) is 3.44. The molecule has 0 spiro atoms. The molecule has 2 fully saturated rings. The third-order valence-corrected chi connectivity index (χ3v) is 4.82. The van der Waals surface area contributed by atoms with E-state index in [0.717, 1.165) is 52.3 Å². The van der Waals surface area contributed by atoms with Gasteiger partial charge < -0.3 is 9.47 Å². The van der Waals surface area contributed by atoms with Gasteiger partial charge in [0.25, 0.3) is 0 Å². The van der Waals surface area contributed by atoms with Crippen molar-refractivity contribution < 1.29 is 9.47 Å². The number of rotatable bonds is 5. The van der Waals surface area contributed by atoms with Gasteiger partial charge in [0, 0.05) is 50.7 Å². The Morgan fingerprint density at radius 1 is 1.43 bits per heavy atom. The van der Waals surface area contributed by atoms with Crippen LogP contribution < -0.4 is 0 Å². The van der Waals surface area contributed by atoms with E-state index in [1.807, 2.05) is 12.4 Å². The van der Waals surface area contributed by atoms with Gasteiger partial charge in [-0.3, -0.25) is 9.88 Å². The first-order valence-corrected chi connectivity index (χ1v) is 8.13. The topological polar surface area (TPSA) is 34.6 Å². The van der Waals surface area contributed by atoms with Gasteiger partial charge in [0.15, 0.2) is 0 Å². The number of pyridine rings is 1. The van der Waals surface area contributed by atoms with Crippen molar-refractivity contribution in [1.82, 2.24) is 9.88 Å². The maximum Gasteiger partial charge on any atom is 0.0677 e. The molecule has 116 valence electrons. The van der Waals surface area contributed by atoms with Crippen molar-refractivity contribution in [3.63, 3.8) is 0 Å². The molecule has 4 nitrogen and oxygen atoms in total. The molecule has 21 heavy (non-hydrogen) atoms. The summed E-state index contributed by atoms with van der Waals surface area (Å²) in [7, 11) is 0. The molecule has 3 rings (SSSR count). The Kier molecular flexibility index (Phi) is 4.88. The lowest BCUT2D eigenvalue weighted by molar-refractivity contribution is -0.153. The zero-order valence-corrected chi connectivity index (χ0v) is 13.0. The van der Waals surface area contributed by atoms with Gasteiger partial charge in [-0.05, 0) is 43.9 Å². The average molecular weight is 290 g/mol. The van der Waals surface area contributed by atoms with E-state index in [4.69, 9.17) is 9.47 Å². The summed E-state index contributed by atoms with van der Waals surface area (Å²) in [6.45, 7) is 7.82. The Balaban J connectivity index is 1.68. The van der Waals surface area contributed by atoms with Crippen LogP contribution in [0.1, 0.15) is 31.7 Å². The molecule has 0 radical (unpaired) electrons. The van der Waals surface area contributed by atoms with Crippen molar-refractivity contribution in [3.8, 4) is 0 Å². The Hall–Kier alpha value is -0.970. The minimum atomic E-state index is 0.194. The third-order valence-electron chi connectivity index (χ3n) is 4.82. The average Bonchev–Trinajstić information content (AvgIpc) is 2.54. The summed E-state index contributed by atoms with van der Waals surface area (Å²) >= 11 is 0. The van der Waals surface area contributed by atoms with E-state index >= 15 is 0 Å². The predicted molar refractivity (Wildman–Crippen MR) is 82.0 cm³/mol. The van der Waals surface area contributed by atoms with Crippen LogP contribution in [0, 0.1) is 5.41 Å². The molecule has 0 aromatic carbocycles. The van der Waals surface area contributed by atoms with E-state index in [0.29, 0.717) is 6.10 Å². The Morgan fingerprint density at radius 3 is 3.10 bits per heavy atom. The first kappa shape index (κ1) is 14.9. The molecule has 0 aliphatic carbocycles. The number of ether oxygens (including phenoxy) is 2. The molecule has 0 unspecified atom stereocenters. The molecule has 3 heterocycles. The summed E-state index contributed by atoms with van der Waals surface area (Å²) in [5, 5.41) is 0. The van der Waals surface area contributed by atoms with Crippen LogP contribution in [-0.4, -0.2) is 48.9 Å². The van der Waals surface area contributed by atoms with Crippen molar-refractivity contribution in [2.24, 2.45) is 5.41 Å². The fourth-order valence-electron chi connectivity index (χ4n) is 3.78. The highest BCUT2D eigenvalue weighted by Crippen LogP contribution is 2.40. The predicted octanol–water partition coefficient (Wildman–Crippen LogP) is 2.49. The van der Waals surface area contributed by atoms with Crippen molar-refractivity contribution in [3.05, 3.63) is 30.1 Å². The number of hydrogen-bond donors (Lipinski definition) is 0. The van der Waals surface area contributed by atoms with Crippen LogP contribution in [0.5, 0.6) is 0 Å². The first-order valence-electron chi connectivity index (χ1n) is 8.13. The van der Waals surface area contributed by atoms with Crippen LogP contribution in [0.3, 0.4) is 0 Å². The molecule has 1 aromatic heterocycles. The molecule has 2 aliphatic rings. The summed E-state index contributed by atoms with van der Waals surface area (Å²) < 4.78 is 11.9. The molecular weight excluding hydrogens is 264 g/mol. The number of aromatic nitrogens is 1. The van der Waals surface area contributed by atoms with E-state index < -0.39 is 0 Å². The fourth-order valence-corrected chi connectivity index (χ4v) is 3.78. The van der Waals surface area contributed by atoms with Crippen LogP contribution in [0.15, 0.2) is 24.5 Å². The van der Waals surface area contributed by atoms with E-state index in [9.17, 15) is 0 Å². The highest BCUT2D eigenvalue weighted by Gasteiger charge is 2.45. The zero-order chi connectivity index (χ0) is 14.5. The van der Waals surface area contributed by atoms with Crippen LogP contribution >= 0.6 is 0 Å². The molecule has 2 atom stereocenters. The summed E-state index contributed by atoms with van der Waals surface area (Å²) in [4.78, 5) is 6.65. The number of hydrogen-bond acceptors (Lipinski definition) is 4. The molecule has 0 saturated carbocycles. The Bertz CT molecular complexity index is 440. The van der Waals surface area contributed by atoms with E-state index in [2.05, 4.69) is 28.9 Å². The lowest BCUT2D eigenvalue weighted by atomic mass is 9.73. The minimum absolute atomic E-state index is 0.194. The lowest BCUT2D eigenvalue weighted by Gasteiger charge is -2.50. The largest absolute Gasteiger partial charge is 0.381 e. The number of likely N-dealkylation sites (tertiary alicyclic amines) is 1. The number of nitrogens with zero attached hydrogens (tertiary/aromatic N) is 2. The lowest BCUT2D eigenvalue weighted by Crippen LogP contribution is -2.56. The summed E-state index contributed by atoms with van der Waals surface area (Å²) in [6, 6.07) is 4.22. The molecular formula is C17H26N2O2. The monoisotopic (exact) mass is 290 g/mol. The van der Waals surface area contributed by atoms with Crippen molar-refractivity contribution in [2.75, 3.05) is 32.9 Å². The summed E-state index contributed by atoms with van der Waals surface area (Å²) in [5.41, 5.74) is 1.53. The van der Waals surface area contributed by atoms with Crippen molar-refractivity contribution in [1.29, 1.82) is 0 Å². The standard InChI is InChI=1S/C17H26N2O2/c1-2-20-14-17-7-3-11-21-16(17)6-10-19(13-17)12-15-4-8-18-9-5-15/h4-5,8-9,16H,2-3,6-7,10-14H2,1H3/t16-,17+/m1/s1. The van der Waals surface area contributed by atoms with E-state index in [1.165, 1.54) is 12.0 Å². The van der Waals surface area contributed by atoms with E-state index in [-0.39, 0.29) is 5.41 Å². The van der Waals surface area contributed by atoms with Gasteiger partial charge in [0.05, 0.1) is 12.7 Å². The zero-order valence-electron chi connectivity index (χ0n) is 13.0. The maximum absolute atomic E-state index is 6.06. The molecule has 0 amide bonds. The van der Waals surface area contributed by atoms with E-state index in [1.54, 1.807) is 0 Å². The quantitative estimate of drug-likeness (QED) is 0.834. The second-order valence-corrected chi connectivity index (χ2v) is 6.32. The highest BCUT2D eigenvalue weighted by atomic mass is 16.5. The van der Waals surface area contributed by atoms with Gasteiger partial charge in [-0.2, -0.15) is 0 Å². The summed E-state index contributed by atoms with van der Waals surface area (Å²) in [5.74, 6) is 0. The molecule has 4 heteroatoms. The molecule has 1 aromatic rings. The molecule has 0 bridgehead atoms. The SMILES string of the molecule is CCOC[C@@]12CCCO[C@@H]1CCN(Cc1ccncc1)C2. The van der Waals surface area contributed by atoms with Crippen molar-refractivity contribution in [2.45, 2.75) is 38.8 Å². The molecule has 0 N–H and O–H groups in total. The number of fused-ring (bicyclic) bond motifs is 1. The maximum atomic E-state index is 6.06. The van der Waals surface area contributed by atoms with Gasteiger partial charge in [-0.25, -0.2) is 0 Å². The van der Waals surface area contributed by atoms with Gasteiger partial charge in [-0.1, -0.05) is 0 Å². The highest BCUT2D eigenvalue weighted by molar-refractivity contribution is 5.10. The molecule has 2 aliphatic heterocycles. The van der Waals surface area contributed by atoms with Crippen LogP contribution in [0.2, 0.25) is 0 Å². The van der Waals surface area contributed by atoms with Crippen LogP contribution in [-0.2, 0) is 16.0 Å². The van der Waals surface area contributed by atoms with Gasteiger partial charge in [-0.15, -0.1) is 0 Å². The normalized spacial score (nSPS) is 30.0. The smallest absolute Gasteiger partial charge is 0.0677 e. The second kappa shape index (κ2) is 6.86. The fraction of sp³-hybridized carbons (Fsp3) is 0.706. The number of piperidine rings is 1. The summed E-state index contributed by atoms with van der Waals surface area (Å²) in [6.07, 6.45) is 7.64. The molecule has 2 saturated heterocycles. The van der Waals surface area contributed by atoms with Gasteiger partial charge in [0.2, 0.25) is 0 Å². The van der Waals surface area contributed by atoms with Gasteiger partial charge in [0.1, 0.15) is 0 Å². The van der Waals surface area contributed by atoms with Crippen molar-refractivity contribution >= 4 is 0 Å². The van der Waals surface area contributed by atoms with Gasteiger partial charge >= 0.3 is 0 Å². The van der Waals surface area contributed by atoms with Crippen LogP contribution in [0.25, 0.3) is 0 Å². The second-order valence-electron chi connectivity index (χ2n) is 6.32. The Morgan fingerprint density at radius 2 is 2.29 bits per heavy atom.